The Kier molecular flexibility index (Phi) is 5.51. The van der Waals surface area contributed by atoms with Gasteiger partial charge in [0.1, 0.15) is 5.82 Å². The van der Waals surface area contributed by atoms with Gasteiger partial charge in [-0.05, 0) is 66.6 Å². The van der Waals surface area contributed by atoms with Gasteiger partial charge in [-0.25, -0.2) is 9.37 Å². The number of benzene rings is 3. The van der Waals surface area contributed by atoms with Gasteiger partial charge in [0.25, 0.3) is 5.91 Å². The van der Waals surface area contributed by atoms with E-state index in [-0.39, 0.29) is 11.7 Å². The molecule has 0 saturated heterocycles. The fraction of sp³-hybridized carbons (Fsp3) is 0.0455. The average molecular weight is 468 g/mol. The number of hydrogen-bond acceptors (Lipinski definition) is 4. The molecular weight excluding hydrogens is 453 g/mol. The van der Waals surface area contributed by atoms with Crippen LogP contribution in [-0.2, 0) is 0 Å². The van der Waals surface area contributed by atoms with Crippen LogP contribution in [0.3, 0.4) is 0 Å². The van der Waals surface area contributed by atoms with Gasteiger partial charge in [-0.2, -0.15) is 10.1 Å². The summed E-state index contributed by atoms with van der Waals surface area (Å²) in [6.07, 6.45) is 1.52. The van der Waals surface area contributed by atoms with E-state index >= 15 is 0 Å². The minimum absolute atomic E-state index is 0.299. The van der Waals surface area contributed by atoms with Crippen molar-refractivity contribution >= 4 is 54.7 Å². The number of halogens is 2. The lowest BCUT2D eigenvalue weighted by Crippen LogP contribution is -2.25. The number of thiazole rings is 1. The SMILES string of the molecule is Cc1ccc2nc(N(/N=C/c3ccc(F)cc3)C(=O)c3ccc(Br)cc3)sc2c1. The zero-order valence-corrected chi connectivity index (χ0v) is 17.7. The molecule has 29 heavy (non-hydrogen) atoms. The average Bonchev–Trinajstić information content (AvgIpc) is 3.12. The fourth-order valence-corrected chi connectivity index (χ4v) is 3.97. The normalized spacial score (nSPS) is 11.3. The highest BCUT2D eigenvalue weighted by Crippen LogP contribution is 2.31. The number of rotatable bonds is 4. The van der Waals surface area contributed by atoms with Gasteiger partial charge >= 0.3 is 0 Å². The van der Waals surface area contributed by atoms with Gasteiger partial charge in [-0.15, -0.1) is 0 Å². The molecule has 0 unspecified atom stereocenters. The maximum atomic E-state index is 13.2. The van der Waals surface area contributed by atoms with Crippen LogP contribution in [0.25, 0.3) is 10.2 Å². The minimum atomic E-state index is -0.327. The third-order valence-electron chi connectivity index (χ3n) is 4.19. The predicted octanol–water partition coefficient (Wildman–Crippen LogP) is 6.19. The van der Waals surface area contributed by atoms with E-state index in [1.807, 2.05) is 25.1 Å². The third kappa shape index (κ3) is 4.41. The molecule has 0 radical (unpaired) electrons. The first kappa shape index (κ1) is 19.4. The Morgan fingerprint density at radius 1 is 1.10 bits per heavy atom. The molecule has 3 aromatic carbocycles. The molecule has 0 aliphatic carbocycles. The molecule has 1 aromatic heterocycles. The number of carbonyl (C=O) groups is 1. The fourth-order valence-electron chi connectivity index (χ4n) is 2.69. The van der Waals surface area contributed by atoms with Gasteiger partial charge in [0.2, 0.25) is 5.13 Å². The van der Waals surface area contributed by atoms with Crippen molar-refractivity contribution in [2.45, 2.75) is 6.92 Å². The van der Waals surface area contributed by atoms with E-state index in [9.17, 15) is 9.18 Å². The summed E-state index contributed by atoms with van der Waals surface area (Å²) < 4.78 is 15.0. The van der Waals surface area contributed by atoms with Gasteiger partial charge < -0.3 is 0 Å². The Balaban J connectivity index is 1.75. The van der Waals surface area contributed by atoms with Crippen LogP contribution in [0.1, 0.15) is 21.5 Å². The molecule has 1 amide bonds. The van der Waals surface area contributed by atoms with E-state index in [0.29, 0.717) is 16.3 Å². The lowest BCUT2D eigenvalue weighted by Gasteiger charge is -2.14. The molecule has 4 nitrogen and oxygen atoms in total. The summed E-state index contributed by atoms with van der Waals surface area (Å²) in [5.41, 5.74) is 3.09. The van der Waals surface area contributed by atoms with Crippen molar-refractivity contribution in [1.82, 2.24) is 4.98 Å². The van der Waals surface area contributed by atoms with Crippen molar-refractivity contribution in [3.05, 3.63) is 93.7 Å². The van der Waals surface area contributed by atoms with Crippen molar-refractivity contribution in [2.24, 2.45) is 5.10 Å². The molecule has 0 aliphatic heterocycles. The van der Waals surface area contributed by atoms with E-state index in [2.05, 4.69) is 26.0 Å². The summed E-state index contributed by atoms with van der Waals surface area (Å²) in [7, 11) is 0. The largest absolute Gasteiger partial charge is 0.280 e. The smallest absolute Gasteiger partial charge is 0.267 e. The second-order valence-corrected chi connectivity index (χ2v) is 8.31. The molecule has 4 rings (SSSR count). The Morgan fingerprint density at radius 2 is 1.83 bits per heavy atom. The topological polar surface area (TPSA) is 45.6 Å². The van der Waals surface area contributed by atoms with Gasteiger partial charge in [-0.3, -0.25) is 4.79 Å². The van der Waals surface area contributed by atoms with Crippen molar-refractivity contribution in [3.8, 4) is 0 Å². The zero-order chi connectivity index (χ0) is 20.4. The Labute approximate surface area is 179 Å². The maximum Gasteiger partial charge on any atom is 0.280 e. The van der Waals surface area contributed by atoms with Gasteiger partial charge in [0, 0.05) is 10.0 Å². The molecule has 0 fully saturated rings. The molecule has 1 heterocycles. The van der Waals surface area contributed by atoms with E-state index < -0.39 is 0 Å². The number of fused-ring (bicyclic) bond motifs is 1. The molecule has 7 heteroatoms. The second kappa shape index (κ2) is 8.23. The number of anilines is 1. The summed E-state index contributed by atoms with van der Waals surface area (Å²) in [5, 5.41) is 6.14. The van der Waals surface area contributed by atoms with Crippen LogP contribution >= 0.6 is 27.3 Å². The maximum absolute atomic E-state index is 13.2. The lowest BCUT2D eigenvalue weighted by atomic mass is 10.2. The van der Waals surface area contributed by atoms with E-state index in [4.69, 9.17) is 0 Å². The van der Waals surface area contributed by atoms with Crippen LogP contribution in [0.15, 0.2) is 76.3 Å². The molecule has 0 saturated carbocycles. The highest BCUT2D eigenvalue weighted by molar-refractivity contribution is 9.10. The first-order valence-electron chi connectivity index (χ1n) is 8.76. The molecule has 0 N–H and O–H groups in total. The molecule has 144 valence electrons. The summed E-state index contributed by atoms with van der Waals surface area (Å²) in [6, 6.07) is 18.9. The number of hydrazone groups is 1. The summed E-state index contributed by atoms with van der Waals surface area (Å²) in [4.78, 5) is 17.8. The van der Waals surface area contributed by atoms with Crippen molar-refractivity contribution in [1.29, 1.82) is 0 Å². The first-order chi connectivity index (χ1) is 14.0. The van der Waals surface area contributed by atoms with Crippen LogP contribution in [0.2, 0.25) is 0 Å². The molecular formula is C22H15BrFN3OS. The predicted molar refractivity (Wildman–Crippen MR) is 119 cm³/mol. The standard InChI is InChI=1S/C22H15BrFN3OS/c1-14-2-11-19-20(12-14)29-22(26-19)27(21(28)16-5-7-17(23)8-6-16)25-13-15-3-9-18(24)10-4-15/h2-13H,1H3/b25-13+. The Bertz CT molecular complexity index is 1200. The van der Waals surface area contributed by atoms with Crippen LogP contribution < -0.4 is 5.01 Å². The molecule has 0 atom stereocenters. The summed E-state index contributed by atoms with van der Waals surface area (Å²) >= 11 is 4.77. The van der Waals surface area contributed by atoms with Crippen molar-refractivity contribution in [2.75, 3.05) is 5.01 Å². The van der Waals surface area contributed by atoms with Gasteiger partial charge in [0.15, 0.2) is 0 Å². The van der Waals surface area contributed by atoms with Crippen molar-refractivity contribution in [3.63, 3.8) is 0 Å². The summed E-state index contributed by atoms with van der Waals surface area (Å²) in [5.74, 6) is -0.627. The van der Waals surface area contributed by atoms with E-state index in [1.165, 1.54) is 34.7 Å². The van der Waals surface area contributed by atoms with Gasteiger partial charge in [0.05, 0.1) is 16.4 Å². The van der Waals surface area contributed by atoms with Gasteiger partial charge in [-0.1, -0.05) is 45.5 Å². The van der Waals surface area contributed by atoms with Crippen LogP contribution in [0.5, 0.6) is 0 Å². The highest BCUT2D eigenvalue weighted by Gasteiger charge is 2.21. The number of carbonyl (C=O) groups excluding carboxylic acids is 1. The number of amides is 1. The zero-order valence-electron chi connectivity index (χ0n) is 15.3. The molecule has 4 aromatic rings. The number of hydrogen-bond donors (Lipinski definition) is 0. The Morgan fingerprint density at radius 3 is 2.55 bits per heavy atom. The Hall–Kier alpha value is -2.90. The molecule has 0 spiro atoms. The molecule has 0 aliphatic rings. The van der Waals surface area contributed by atoms with Crippen LogP contribution in [0, 0.1) is 12.7 Å². The minimum Gasteiger partial charge on any atom is -0.267 e. The quantitative estimate of drug-likeness (QED) is 0.265. The van der Waals surface area contributed by atoms with Crippen molar-refractivity contribution < 1.29 is 9.18 Å². The van der Waals surface area contributed by atoms with E-state index in [0.717, 1.165) is 20.3 Å². The summed E-state index contributed by atoms with van der Waals surface area (Å²) in [6.45, 7) is 2.01. The number of aromatic nitrogens is 1. The monoisotopic (exact) mass is 467 g/mol. The van der Waals surface area contributed by atoms with Crippen LogP contribution in [0.4, 0.5) is 9.52 Å². The number of nitrogens with zero attached hydrogens (tertiary/aromatic N) is 3. The number of aryl methyl sites for hydroxylation is 1. The van der Waals surface area contributed by atoms with Crippen LogP contribution in [-0.4, -0.2) is 17.1 Å². The molecule has 0 bridgehead atoms. The second-order valence-electron chi connectivity index (χ2n) is 6.39. The highest BCUT2D eigenvalue weighted by atomic mass is 79.9. The van der Waals surface area contributed by atoms with E-state index in [1.54, 1.807) is 36.4 Å². The third-order valence-corrected chi connectivity index (χ3v) is 5.71. The first-order valence-corrected chi connectivity index (χ1v) is 10.4. The lowest BCUT2D eigenvalue weighted by molar-refractivity contribution is 0.0988.